The minimum absolute atomic E-state index is 0.0839. The van der Waals surface area contributed by atoms with Gasteiger partial charge >= 0.3 is 0 Å². The Bertz CT molecular complexity index is 931. The third kappa shape index (κ3) is 3.75. The molecule has 0 spiro atoms. The molecule has 3 aliphatic rings. The minimum Gasteiger partial charge on any atom is -0.341 e. The van der Waals surface area contributed by atoms with Gasteiger partial charge in [0.25, 0.3) is 5.91 Å². The molecule has 0 radical (unpaired) electrons. The minimum atomic E-state index is 0.0839. The van der Waals surface area contributed by atoms with E-state index < -0.39 is 0 Å². The smallest absolute Gasteiger partial charge is 0.254 e. The lowest BCUT2D eigenvalue weighted by Crippen LogP contribution is -2.39. The number of para-hydroxylation sites is 1. The molecule has 2 heterocycles. The second-order valence-corrected chi connectivity index (χ2v) is 8.84. The molecule has 2 amide bonds. The molecule has 2 aromatic rings. The van der Waals surface area contributed by atoms with Crippen molar-refractivity contribution < 1.29 is 9.59 Å². The molecule has 0 N–H and O–H groups in total. The number of benzene rings is 1. The predicted molar refractivity (Wildman–Crippen MR) is 113 cm³/mol. The summed E-state index contributed by atoms with van der Waals surface area (Å²) in [6, 6.07) is 9.98. The molecule has 1 saturated heterocycles. The lowest BCUT2D eigenvalue weighted by Gasteiger charge is -2.25. The van der Waals surface area contributed by atoms with Crippen LogP contribution in [0.25, 0.3) is 10.9 Å². The van der Waals surface area contributed by atoms with Crippen molar-refractivity contribution in [3.05, 3.63) is 41.6 Å². The highest BCUT2D eigenvalue weighted by Crippen LogP contribution is 2.40. The number of nitrogens with zero attached hydrogens (tertiary/aromatic N) is 3. The summed E-state index contributed by atoms with van der Waals surface area (Å²) in [6.07, 6.45) is 7.60. The van der Waals surface area contributed by atoms with Crippen molar-refractivity contribution >= 4 is 22.7 Å². The van der Waals surface area contributed by atoms with Crippen LogP contribution in [0.3, 0.4) is 0 Å². The van der Waals surface area contributed by atoms with Gasteiger partial charge in [0.05, 0.1) is 11.1 Å². The molecule has 1 aliphatic heterocycles. The van der Waals surface area contributed by atoms with Gasteiger partial charge < -0.3 is 9.80 Å². The summed E-state index contributed by atoms with van der Waals surface area (Å²) in [6.45, 7) is 2.75. The fourth-order valence-corrected chi connectivity index (χ4v) is 4.90. The first-order valence-corrected chi connectivity index (χ1v) is 11.2. The van der Waals surface area contributed by atoms with E-state index >= 15 is 0 Å². The predicted octanol–water partition coefficient (Wildman–Crippen LogP) is 3.98. The molecule has 3 fully saturated rings. The van der Waals surface area contributed by atoms with E-state index in [1.165, 1.54) is 25.7 Å². The Labute approximate surface area is 172 Å². The summed E-state index contributed by atoms with van der Waals surface area (Å²) in [7, 11) is 0. The van der Waals surface area contributed by atoms with Gasteiger partial charge in [0.2, 0.25) is 5.91 Å². The van der Waals surface area contributed by atoms with Crippen LogP contribution in [0.5, 0.6) is 0 Å². The van der Waals surface area contributed by atoms with Gasteiger partial charge in [-0.05, 0) is 44.2 Å². The Kier molecular flexibility index (Phi) is 4.98. The first kappa shape index (κ1) is 18.6. The molecule has 29 heavy (non-hydrogen) atoms. The summed E-state index contributed by atoms with van der Waals surface area (Å²) >= 11 is 0. The number of fused-ring (bicyclic) bond motifs is 1. The highest BCUT2D eigenvalue weighted by molar-refractivity contribution is 6.06. The van der Waals surface area contributed by atoms with Crippen LogP contribution in [0.2, 0.25) is 0 Å². The van der Waals surface area contributed by atoms with Crippen LogP contribution < -0.4 is 0 Å². The van der Waals surface area contributed by atoms with Crippen LogP contribution in [-0.2, 0) is 4.79 Å². The molecule has 0 atom stereocenters. The summed E-state index contributed by atoms with van der Waals surface area (Å²) < 4.78 is 0. The topological polar surface area (TPSA) is 53.5 Å². The van der Waals surface area contributed by atoms with E-state index in [1.807, 2.05) is 40.1 Å². The molecule has 152 valence electrons. The fourth-order valence-electron chi connectivity index (χ4n) is 4.90. The lowest BCUT2D eigenvalue weighted by atomic mass is 10.0. The van der Waals surface area contributed by atoms with Gasteiger partial charge in [-0.15, -0.1) is 0 Å². The maximum atomic E-state index is 13.5. The van der Waals surface area contributed by atoms with Crippen molar-refractivity contribution in [1.29, 1.82) is 0 Å². The summed E-state index contributed by atoms with van der Waals surface area (Å²) in [4.78, 5) is 35.1. The number of aromatic nitrogens is 1. The Hall–Kier alpha value is -2.43. The van der Waals surface area contributed by atoms with E-state index in [9.17, 15) is 9.59 Å². The Morgan fingerprint density at radius 2 is 1.59 bits per heavy atom. The average molecular weight is 392 g/mol. The summed E-state index contributed by atoms with van der Waals surface area (Å²) in [5.41, 5.74) is 2.74. The number of amides is 2. The number of carbonyl (C=O) groups is 2. The first-order chi connectivity index (χ1) is 14.2. The molecular weight excluding hydrogens is 362 g/mol. The van der Waals surface area contributed by atoms with E-state index in [1.54, 1.807) is 0 Å². The molecule has 5 nitrogen and oxygen atoms in total. The van der Waals surface area contributed by atoms with Crippen LogP contribution in [0.4, 0.5) is 0 Å². The van der Waals surface area contributed by atoms with Crippen molar-refractivity contribution in [2.75, 3.05) is 26.2 Å². The van der Waals surface area contributed by atoms with Gasteiger partial charge in [-0.25, -0.2) is 0 Å². The summed E-state index contributed by atoms with van der Waals surface area (Å²) in [5.74, 6) is 1.11. The Morgan fingerprint density at radius 3 is 2.38 bits per heavy atom. The Morgan fingerprint density at radius 1 is 0.862 bits per heavy atom. The van der Waals surface area contributed by atoms with Crippen molar-refractivity contribution in [3.8, 4) is 0 Å². The fraction of sp³-hybridized carbons (Fsp3) is 0.542. The van der Waals surface area contributed by atoms with Crippen molar-refractivity contribution in [2.24, 2.45) is 5.92 Å². The zero-order valence-corrected chi connectivity index (χ0v) is 17.0. The second-order valence-electron chi connectivity index (χ2n) is 8.84. The molecule has 2 aliphatic carbocycles. The molecule has 5 rings (SSSR count). The number of hydrogen-bond donors (Lipinski definition) is 0. The monoisotopic (exact) mass is 391 g/mol. The highest BCUT2D eigenvalue weighted by Gasteiger charge is 2.31. The molecular formula is C24H29N3O2. The van der Waals surface area contributed by atoms with E-state index in [0.717, 1.165) is 48.0 Å². The zero-order chi connectivity index (χ0) is 19.8. The molecule has 0 bridgehead atoms. The number of carbonyl (C=O) groups excluding carboxylic acids is 2. The number of pyridine rings is 1. The SMILES string of the molecule is O=C(c1cc(C2CC2)nc2ccccc12)N1CCCN(C(=O)C2CCCC2)CC1. The third-order valence-corrected chi connectivity index (χ3v) is 6.76. The van der Waals surface area contributed by atoms with Crippen molar-refractivity contribution in [3.63, 3.8) is 0 Å². The molecule has 2 saturated carbocycles. The lowest BCUT2D eigenvalue weighted by molar-refractivity contribution is -0.135. The van der Waals surface area contributed by atoms with Crippen LogP contribution in [0.15, 0.2) is 30.3 Å². The summed E-state index contributed by atoms with van der Waals surface area (Å²) in [5, 5.41) is 0.935. The number of rotatable bonds is 3. The molecule has 1 aromatic heterocycles. The van der Waals surface area contributed by atoms with E-state index in [4.69, 9.17) is 4.98 Å². The van der Waals surface area contributed by atoms with E-state index in [-0.39, 0.29) is 11.8 Å². The maximum Gasteiger partial charge on any atom is 0.254 e. The zero-order valence-electron chi connectivity index (χ0n) is 17.0. The van der Waals surface area contributed by atoms with Gasteiger partial charge in [0.1, 0.15) is 0 Å². The molecule has 5 heteroatoms. The van der Waals surface area contributed by atoms with Gasteiger partial charge in [-0.3, -0.25) is 14.6 Å². The average Bonchev–Trinajstić information content (AvgIpc) is 3.52. The molecule has 0 unspecified atom stereocenters. The van der Waals surface area contributed by atoms with Gasteiger partial charge in [0.15, 0.2) is 0 Å². The van der Waals surface area contributed by atoms with Gasteiger partial charge in [-0.2, -0.15) is 0 Å². The van der Waals surface area contributed by atoms with E-state index in [0.29, 0.717) is 31.5 Å². The standard InChI is InChI=1S/C24H29N3O2/c28-23(18-6-1-2-7-18)26-12-5-13-27(15-14-26)24(29)20-16-22(17-10-11-17)25-21-9-4-3-8-19(20)21/h3-4,8-9,16-18H,1-2,5-7,10-15H2. The van der Waals surface area contributed by atoms with Crippen molar-refractivity contribution in [2.45, 2.75) is 50.9 Å². The Balaban J connectivity index is 1.36. The van der Waals surface area contributed by atoms with Crippen LogP contribution >= 0.6 is 0 Å². The second kappa shape index (κ2) is 7.77. The largest absolute Gasteiger partial charge is 0.341 e. The molecule has 1 aromatic carbocycles. The van der Waals surface area contributed by atoms with Crippen LogP contribution in [0.1, 0.15) is 66.9 Å². The third-order valence-electron chi connectivity index (χ3n) is 6.76. The van der Waals surface area contributed by atoms with E-state index in [2.05, 4.69) is 0 Å². The van der Waals surface area contributed by atoms with Gasteiger partial charge in [-0.1, -0.05) is 31.0 Å². The van der Waals surface area contributed by atoms with Crippen LogP contribution in [0, 0.1) is 5.92 Å². The normalized spacial score (nSPS) is 20.8. The maximum absolute atomic E-state index is 13.5. The van der Waals surface area contributed by atoms with Crippen molar-refractivity contribution in [1.82, 2.24) is 14.8 Å². The quantitative estimate of drug-likeness (QED) is 0.795. The highest BCUT2D eigenvalue weighted by atomic mass is 16.2. The number of hydrogen-bond acceptors (Lipinski definition) is 3. The van der Waals surface area contributed by atoms with Gasteiger partial charge in [0, 0.05) is 49.1 Å². The van der Waals surface area contributed by atoms with Crippen LogP contribution in [-0.4, -0.2) is 52.8 Å². The first-order valence-electron chi connectivity index (χ1n) is 11.2.